The number of thioether (sulfide) groups is 1. The number of alkyl halides is 6. The van der Waals surface area contributed by atoms with Crippen LogP contribution in [0.25, 0.3) is 17.2 Å². The number of thiophene rings is 2. The van der Waals surface area contributed by atoms with Gasteiger partial charge in [-0.3, -0.25) is 19.3 Å². The predicted octanol–water partition coefficient (Wildman–Crippen LogP) is 7.37. The highest BCUT2D eigenvalue weighted by atomic mass is 32.2. The van der Waals surface area contributed by atoms with Crippen molar-refractivity contribution in [2.24, 2.45) is 0 Å². The summed E-state index contributed by atoms with van der Waals surface area (Å²) in [6, 6.07) is 4.24. The number of carboxylic acid groups (broad SMARTS) is 1. The summed E-state index contributed by atoms with van der Waals surface area (Å²) in [5.74, 6) is -1.93. The molecule has 0 aliphatic carbocycles. The van der Waals surface area contributed by atoms with Crippen molar-refractivity contribution in [3.05, 3.63) is 67.6 Å². The molecule has 216 valence electrons. The molecule has 0 spiro atoms. The molecule has 2 aromatic heterocycles. The Labute approximate surface area is 245 Å². The third-order valence-corrected chi connectivity index (χ3v) is 8.67. The van der Waals surface area contributed by atoms with Gasteiger partial charge >= 0.3 is 18.3 Å². The molecule has 2 amide bonds. The van der Waals surface area contributed by atoms with E-state index in [1.165, 1.54) is 28.5 Å². The number of aliphatic carboxylic acids is 1. The number of carbonyl (C=O) groups is 3. The molecule has 1 aliphatic heterocycles. The second-order valence-electron chi connectivity index (χ2n) is 8.55. The third kappa shape index (κ3) is 7.75. The number of hydrogen-bond acceptors (Lipinski definition) is 7. The predicted molar refractivity (Wildman–Crippen MR) is 149 cm³/mol. The fourth-order valence-corrected chi connectivity index (χ4v) is 6.69. The molecule has 0 bridgehead atoms. The number of amides is 2. The number of carboxylic acids is 1. The summed E-state index contributed by atoms with van der Waals surface area (Å²) in [6.07, 6.45) is -8.82. The summed E-state index contributed by atoms with van der Waals surface area (Å²) in [6.45, 7) is -0.0403. The van der Waals surface area contributed by atoms with Crippen molar-refractivity contribution >= 4 is 79.8 Å². The summed E-state index contributed by atoms with van der Waals surface area (Å²) >= 11 is 8.38. The zero-order valence-corrected chi connectivity index (χ0v) is 23.5. The Balaban J connectivity index is 1.44. The van der Waals surface area contributed by atoms with Crippen LogP contribution in [0.4, 0.5) is 31.3 Å². The number of anilines is 1. The minimum absolute atomic E-state index is 0.0403. The lowest BCUT2D eigenvalue weighted by Gasteiger charge is -2.13. The lowest BCUT2D eigenvalue weighted by molar-refractivity contribution is -0.143. The maximum Gasteiger partial charge on any atom is 0.416 e. The SMILES string of the molecule is O=C(O)Cc1csc(NC(=O)CCN2C(=O)C(=Cc3cc(-c4cc(C(F)(F)F)cc(C(F)(F)F)c4)cs3)SC2=S)c1. The number of rotatable bonds is 8. The van der Waals surface area contributed by atoms with Crippen LogP contribution < -0.4 is 5.32 Å². The smallest absolute Gasteiger partial charge is 0.416 e. The van der Waals surface area contributed by atoms with Gasteiger partial charge in [-0.15, -0.1) is 22.7 Å². The lowest BCUT2D eigenvalue weighted by Crippen LogP contribution is -2.31. The molecule has 3 heterocycles. The summed E-state index contributed by atoms with van der Waals surface area (Å²) in [5, 5.41) is 14.9. The van der Waals surface area contributed by atoms with Gasteiger partial charge in [-0.1, -0.05) is 24.0 Å². The van der Waals surface area contributed by atoms with Crippen LogP contribution in [0.2, 0.25) is 0 Å². The molecule has 3 aromatic rings. The highest BCUT2D eigenvalue weighted by Gasteiger charge is 2.37. The highest BCUT2D eigenvalue weighted by Crippen LogP contribution is 2.40. The van der Waals surface area contributed by atoms with Gasteiger partial charge in [-0.2, -0.15) is 26.3 Å². The standard InChI is InChI=1S/C25H16F6N2O4S4/c26-24(27,28)15-5-13(6-16(8-15)25(29,30)31)14-7-17(39-11-14)9-18-22(37)33(23(38)41-18)2-1-19(34)32-20-3-12(10-40-20)4-21(35)36/h3,5-11H,1-2,4H2,(H,32,34)(H,35,36). The first-order valence-corrected chi connectivity index (χ1v) is 14.3. The Hall–Kier alpha value is -3.21. The summed E-state index contributed by atoms with van der Waals surface area (Å²) in [5.41, 5.74) is -2.49. The Morgan fingerprint density at radius 3 is 2.22 bits per heavy atom. The number of thiocarbonyl (C=S) groups is 1. The van der Waals surface area contributed by atoms with Gasteiger partial charge in [0.15, 0.2) is 0 Å². The van der Waals surface area contributed by atoms with Crippen molar-refractivity contribution in [1.82, 2.24) is 4.90 Å². The van der Waals surface area contributed by atoms with Crippen molar-refractivity contribution in [3.63, 3.8) is 0 Å². The molecule has 0 unspecified atom stereocenters. The Morgan fingerprint density at radius 2 is 1.61 bits per heavy atom. The molecule has 16 heteroatoms. The Morgan fingerprint density at radius 1 is 0.951 bits per heavy atom. The van der Waals surface area contributed by atoms with E-state index in [1.54, 1.807) is 5.38 Å². The second-order valence-corrected chi connectivity index (χ2v) is 12.1. The largest absolute Gasteiger partial charge is 0.481 e. The molecule has 4 rings (SSSR count). The van der Waals surface area contributed by atoms with Crippen molar-refractivity contribution in [3.8, 4) is 11.1 Å². The number of carbonyl (C=O) groups excluding carboxylic acids is 2. The van der Waals surface area contributed by atoms with Crippen LogP contribution in [0.1, 0.15) is 28.0 Å². The van der Waals surface area contributed by atoms with Crippen LogP contribution in [-0.2, 0) is 33.2 Å². The normalized spacial score (nSPS) is 15.2. The summed E-state index contributed by atoms with van der Waals surface area (Å²) in [4.78, 5) is 37.8. The topological polar surface area (TPSA) is 86.7 Å². The fraction of sp³-hybridized carbons (Fsp3) is 0.200. The van der Waals surface area contributed by atoms with Crippen LogP contribution in [-0.4, -0.2) is 38.7 Å². The second kappa shape index (κ2) is 12.0. The zero-order valence-electron chi connectivity index (χ0n) is 20.3. The van der Waals surface area contributed by atoms with Crippen LogP contribution in [0, 0.1) is 0 Å². The van der Waals surface area contributed by atoms with Gasteiger partial charge in [0.05, 0.1) is 27.5 Å². The number of benzene rings is 1. The first-order chi connectivity index (χ1) is 19.1. The number of hydrogen-bond donors (Lipinski definition) is 2. The molecule has 0 saturated carbocycles. The quantitative estimate of drug-likeness (QED) is 0.151. The van der Waals surface area contributed by atoms with Crippen molar-refractivity contribution in [2.45, 2.75) is 25.2 Å². The molecule has 1 aromatic carbocycles. The first kappa shape index (κ1) is 30.7. The van der Waals surface area contributed by atoms with Crippen LogP contribution in [0.3, 0.4) is 0 Å². The van der Waals surface area contributed by atoms with Crippen LogP contribution in [0.15, 0.2) is 46.0 Å². The fourth-order valence-electron chi connectivity index (χ4n) is 3.65. The maximum atomic E-state index is 13.2. The van der Waals surface area contributed by atoms with E-state index >= 15 is 0 Å². The highest BCUT2D eigenvalue weighted by molar-refractivity contribution is 8.26. The first-order valence-electron chi connectivity index (χ1n) is 11.3. The lowest BCUT2D eigenvalue weighted by atomic mass is 10.0. The van der Waals surface area contributed by atoms with E-state index in [0.29, 0.717) is 27.6 Å². The number of nitrogens with zero attached hydrogens (tertiary/aromatic N) is 1. The molecule has 0 radical (unpaired) electrons. The molecule has 41 heavy (non-hydrogen) atoms. The van der Waals surface area contributed by atoms with E-state index in [0.717, 1.165) is 34.4 Å². The zero-order chi connectivity index (χ0) is 30.1. The van der Waals surface area contributed by atoms with E-state index in [-0.39, 0.29) is 45.8 Å². The molecule has 1 aliphatic rings. The minimum Gasteiger partial charge on any atom is -0.481 e. The molecule has 6 nitrogen and oxygen atoms in total. The third-order valence-electron chi connectivity index (χ3n) is 5.52. The Bertz CT molecular complexity index is 1530. The van der Waals surface area contributed by atoms with Crippen molar-refractivity contribution in [2.75, 3.05) is 11.9 Å². The molecular formula is C25H16F6N2O4S4. The molecular weight excluding hydrogens is 635 g/mol. The van der Waals surface area contributed by atoms with E-state index < -0.39 is 41.3 Å². The van der Waals surface area contributed by atoms with E-state index in [2.05, 4.69) is 5.32 Å². The molecule has 1 saturated heterocycles. The maximum absolute atomic E-state index is 13.2. The van der Waals surface area contributed by atoms with Crippen LogP contribution >= 0.6 is 46.7 Å². The Kier molecular flexibility index (Phi) is 8.96. The van der Waals surface area contributed by atoms with Gasteiger partial charge in [-0.25, -0.2) is 0 Å². The van der Waals surface area contributed by atoms with Gasteiger partial charge in [0.2, 0.25) is 5.91 Å². The van der Waals surface area contributed by atoms with E-state index in [9.17, 15) is 40.7 Å². The van der Waals surface area contributed by atoms with Crippen LogP contribution in [0.5, 0.6) is 0 Å². The average Bonchev–Trinajstić information content (AvgIpc) is 3.57. The molecule has 2 N–H and O–H groups in total. The molecule has 1 fully saturated rings. The van der Waals surface area contributed by atoms with Crippen molar-refractivity contribution < 1.29 is 45.8 Å². The van der Waals surface area contributed by atoms with Gasteiger partial charge < -0.3 is 10.4 Å². The number of nitrogens with one attached hydrogen (secondary N) is 1. The van der Waals surface area contributed by atoms with Gasteiger partial charge in [0.1, 0.15) is 4.32 Å². The molecule has 0 atom stereocenters. The van der Waals surface area contributed by atoms with E-state index in [1.807, 2.05) is 0 Å². The minimum atomic E-state index is -4.98. The van der Waals surface area contributed by atoms with Gasteiger partial charge in [0.25, 0.3) is 5.91 Å². The summed E-state index contributed by atoms with van der Waals surface area (Å²) in [7, 11) is 0. The summed E-state index contributed by atoms with van der Waals surface area (Å²) < 4.78 is 79.6. The van der Waals surface area contributed by atoms with Gasteiger partial charge in [0, 0.05) is 17.8 Å². The number of halogens is 6. The van der Waals surface area contributed by atoms with Crippen molar-refractivity contribution in [1.29, 1.82) is 0 Å². The monoisotopic (exact) mass is 650 g/mol. The van der Waals surface area contributed by atoms with Gasteiger partial charge in [-0.05, 0) is 63.9 Å². The average molecular weight is 651 g/mol. The van der Waals surface area contributed by atoms with E-state index in [4.69, 9.17) is 17.3 Å².